The molecule has 12 heavy (non-hydrogen) atoms. The van der Waals surface area contributed by atoms with E-state index in [-0.39, 0.29) is 5.78 Å². The Morgan fingerprint density at radius 2 is 2.00 bits per heavy atom. The van der Waals surface area contributed by atoms with Gasteiger partial charge in [0.15, 0.2) is 5.78 Å². The number of hydrogen-bond donors (Lipinski definition) is 1. The van der Waals surface area contributed by atoms with Crippen LogP contribution in [0.1, 0.15) is 27.0 Å². The monoisotopic (exact) mass is 183 g/mol. The van der Waals surface area contributed by atoms with Gasteiger partial charge in [-0.3, -0.25) is 4.79 Å². The average Bonchev–Trinajstić information content (AvgIpc) is 2.29. The molecule has 1 aromatic heterocycles. The maximum Gasteiger partial charge on any atom is 0.171 e. The highest BCUT2D eigenvalue weighted by atomic mass is 32.1. The molecule has 1 aromatic rings. The highest BCUT2D eigenvalue weighted by molar-refractivity contribution is 7.14. The van der Waals surface area contributed by atoms with Crippen LogP contribution in [0.5, 0.6) is 0 Å². The van der Waals surface area contributed by atoms with Crippen LogP contribution < -0.4 is 5.32 Å². The summed E-state index contributed by atoms with van der Waals surface area (Å²) in [4.78, 5) is 13.2. The number of anilines is 1. The molecule has 0 atom stereocenters. The van der Waals surface area contributed by atoms with Gasteiger partial charge in [0.2, 0.25) is 0 Å². The summed E-state index contributed by atoms with van der Waals surface area (Å²) in [6.45, 7) is 5.67. The molecule has 1 rings (SSSR count). The molecule has 0 bridgehead atoms. The first kappa shape index (κ1) is 9.26. The lowest BCUT2D eigenvalue weighted by Gasteiger charge is -2.00. The number of Topliss-reactive ketones (excluding diaryl/α,β-unsaturated/α-hetero) is 1. The average molecular weight is 183 g/mol. The van der Waals surface area contributed by atoms with Gasteiger partial charge in [0, 0.05) is 18.8 Å². The largest absolute Gasteiger partial charge is 0.387 e. The molecular weight excluding hydrogens is 170 g/mol. The first-order valence-corrected chi connectivity index (χ1v) is 4.68. The van der Waals surface area contributed by atoms with E-state index < -0.39 is 0 Å². The van der Waals surface area contributed by atoms with E-state index in [1.165, 1.54) is 10.4 Å². The van der Waals surface area contributed by atoms with Gasteiger partial charge < -0.3 is 5.32 Å². The molecule has 2 nitrogen and oxygen atoms in total. The second-order valence-corrected chi connectivity index (χ2v) is 4.02. The summed E-state index contributed by atoms with van der Waals surface area (Å²) >= 11 is 1.56. The molecule has 1 N–H and O–H groups in total. The van der Waals surface area contributed by atoms with Crippen molar-refractivity contribution in [3.8, 4) is 0 Å². The number of rotatable bonds is 2. The molecule has 1 heterocycles. The second-order valence-electron chi connectivity index (χ2n) is 2.79. The van der Waals surface area contributed by atoms with Crippen LogP contribution in [0.25, 0.3) is 0 Å². The van der Waals surface area contributed by atoms with Crippen LogP contribution in [-0.4, -0.2) is 12.8 Å². The fourth-order valence-corrected chi connectivity index (χ4v) is 2.24. The number of hydrogen-bond acceptors (Lipinski definition) is 3. The van der Waals surface area contributed by atoms with Gasteiger partial charge in [0.25, 0.3) is 0 Å². The predicted molar refractivity (Wildman–Crippen MR) is 53.3 cm³/mol. The molecule has 0 fully saturated rings. The summed E-state index contributed by atoms with van der Waals surface area (Å²) < 4.78 is 0. The second kappa shape index (κ2) is 3.27. The fraction of sp³-hybridized carbons (Fsp3) is 0.444. The van der Waals surface area contributed by atoms with Crippen molar-refractivity contribution in [3.63, 3.8) is 0 Å². The highest BCUT2D eigenvalue weighted by Gasteiger charge is 2.13. The van der Waals surface area contributed by atoms with Crippen molar-refractivity contribution in [2.75, 3.05) is 12.4 Å². The summed E-state index contributed by atoms with van der Waals surface area (Å²) in [5, 5.41) is 3.06. The number of nitrogens with one attached hydrogen (secondary N) is 1. The van der Waals surface area contributed by atoms with Crippen LogP contribution >= 0.6 is 11.3 Å². The van der Waals surface area contributed by atoms with E-state index in [1.54, 1.807) is 18.3 Å². The Bertz CT molecular complexity index is 315. The van der Waals surface area contributed by atoms with Gasteiger partial charge >= 0.3 is 0 Å². The van der Waals surface area contributed by atoms with Crippen LogP contribution in [0, 0.1) is 13.8 Å². The lowest BCUT2D eigenvalue weighted by molar-refractivity contribution is 0.102. The molecule has 0 amide bonds. The maximum atomic E-state index is 11.2. The lowest BCUT2D eigenvalue weighted by Crippen LogP contribution is -1.96. The lowest BCUT2D eigenvalue weighted by atomic mass is 10.2. The zero-order chi connectivity index (χ0) is 9.30. The van der Waals surface area contributed by atoms with Gasteiger partial charge in [-0.25, -0.2) is 0 Å². The molecule has 66 valence electrons. The first-order chi connectivity index (χ1) is 5.57. The van der Waals surface area contributed by atoms with E-state index in [2.05, 4.69) is 5.32 Å². The molecule has 0 aliphatic rings. The highest BCUT2D eigenvalue weighted by Crippen LogP contribution is 2.31. The number of carbonyl (C=O) groups excluding carboxylic acids is 1. The maximum absolute atomic E-state index is 11.2. The molecule has 0 spiro atoms. The van der Waals surface area contributed by atoms with Crippen LogP contribution in [0.2, 0.25) is 0 Å². The van der Waals surface area contributed by atoms with Gasteiger partial charge in [0.1, 0.15) is 0 Å². The molecular formula is C9H13NOS. The van der Waals surface area contributed by atoms with Crippen molar-refractivity contribution in [3.05, 3.63) is 15.3 Å². The Morgan fingerprint density at radius 3 is 2.33 bits per heavy atom. The topological polar surface area (TPSA) is 29.1 Å². The minimum absolute atomic E-state index is 0.139. The molecule has 3 heteroatoms. The van der Waals surface area contributed by atoms with Gasteiger partial charge in [-0.2, -0.15) is 0 Å². The van der Waals surface area contributed by atoms with E-state index in [0.29, 0.717) is 0 Å². The van der Waals surface area contributed by atoms with Crippen molar-refractivity contribution in [1.82, 2.24) is 0 Å². The summed E-state index contributed by atoms with van der Waals surface area (Å²) in [6.07, 6.45) is 0. The zero-order valence-electron chi connectivity index (χ0n) is 7.82. The Hall–Kier alpha value is -0.830. The summed E-state index contributed by atoms with van der Waals surface area (Å²) in [7, 11) is 1.85. The van der Waals surface area contributed by atoms with E-state index in [9.17, 15) is 4.79 Å². The quantitative estimate of drug-likeness (QED) is 0.714. The Balaban J connectivity index is 3.29. The van der Waals surface area contributed by atoms with E-state index in [1.807, 2.05) is 20.9 Å². The normalized spacial score (nSPS) is 10.0. The van der Waals surface area contributed by atoms with Crippen molar-refractivity contribution in [2.45, 2.75) is 20.8 Å². The first-order valence-electron chi connectivity index (χ1n) is 3.86. The van der Waals surface area contributed by atoms with E-state index in [4.69, 9.17) is 0 Å². The van der Waals surface area contributed by atoms with Gasteiger partial charge in [-0.1, -0.05) is 0 Å². The Morgan fingerprint density at radius 1 is 1.42 bits per heavy atom. The molecule has 0 aromatic carbocycles. The van der Waals surface area contributed by atoms with Gasteiger partial charge in [-0.15, -0.1) is 11.3 Å². The van der Waals surface area contributed by atoms with E-state index >= 15 is 0 Å². The summed E-state index contributed by atoms with van der Waals surface area (Å²) in [5.41, 5.74) is 2.18. The third kappa shape index (κ3) is 1.37. The zero-order valence-corrected chi connectivity index (χ0v) is 8.63. The SMILES string of the molecule is CNc1c(C(C)=O)sc(C)c1C. The number of carbonyl (C=O) groups is 1. The number of thiophene rings is 1. The van der Waals surface area contributed by atoms with Gasteiger partial charge in [-0.05, 0) is 19.4 Å². The standard InChI is InChI=1S/C9H13NOS/c1-5-7(3)12-9(6(2)11)8(5)10-4/h10H,1-4H3. The third-order valence-electron chi connectivity index (χ3n) is 1.96. The summed E-state index contributed by atoms with van der Waals surface area (Å²) in [5.74, 6) is 0.139. The van der Waals surface area contributed by atoms with E-state index in [0.717, 1.165) is 10.6 Å². The Kier molecular flexibility index (Phi) is 2.52. The molecule has 0 saturated heterocycles. The van der Waals surface area contributed by atoms with Crippen LogP contribution in [-0.2, 0) is 0 Å². The van der Waals surface area contributed by atoms with Crippen LogP contribution in [0.3, 0.4) is 0 Å². The van der Waals surface area contributed by atoms with Crippen molar-refractivity contribution >= 4 is 22.8 Å². The fourth-order valence-electron chi connectivity index (χ4n) is 1.18. The van der Waals surface area contributed by atoms with Crippen LogP contribution in [0.15, 0.2) is 0 Å². The summed E-state index contributed by atoms with van der Waals surface area (Å²) in [6, 6.07) is 0. The number of aryl methyl sites for hydroxylation is 1. The molecule has 0 radical (unpaired) electrons. The predicted octanol–water partition coefficient (Wildman–Crippen LogP) is 2.61. The molecule has 0 saturated carbocycles. The van der Waals surface area contributed by atoms with Crippen molar-refractivity contribution < 1.29 is 4.79 Å². The minimum Gasteiger partial charge on any atom is -0.387 e. The van der Waals surface area contributed by atoms with Crippen molar-refractivity contribution in [1.29, 1.82) is 0 Å². The molecule has 0 aliphatic heterocycles. The molecule has 0 unspecified atom stereocenters. The van der Waals surface area contributed by atoms with Crippen molar-refractivity contribution in [2.24, 2.45) is 0 Å². The molecule has 0 aliphatic carbocycles. The third-order valence-corrected chi connectivity index (χ3v) is 3.26. The number of ketones is 1. The van der Waals surface area contributed by atoms with Gasteiger partial charge in [0.05, 0.1) is 10.6 Å². The smallest absolute Gasteiger partial charge is 0.171 e. The van der Waals surface area contributed by atoms with Crippen LogP contribution in [0.4, 0.5) is 5.69 Å². The Labute approximate surface area is 76.6 Å². The minimum atomic E-state index is 0.139.